The summed E-state index contributed by atoms with van der Waals surface area (Å²) in [6.45, 7) is 3.03. The minimum atomic E-state index is 0.754. The molecule has 1 heterocycles. The van der Waals surface area contributed by atoms with Crippen molar-refractivity contribution in [2.75, 3.05) is 25.6 Å². The largest absolute Gasteiger partial charge is 0.365 e. The van der Waals surface area contributed by atoms with Crippen molar-refractivity contribution in [1.82, 2.24) is 10.2 Å². The van der Waals surface area contributed by atoms with E-state index in [2.05, 4.69) is 22.5 Å². The molecule has 0 unspecified atom stereocenters. The summed E-state index contributed by atoms with van der Waals surface area (Å²) in [5, 5.41) is 3.24. The summed E-state index contributed by atoms with van der Waals surface area (Å²) in [4.78, 5) is 2.23. The van der Waals surface area contributed by atoms with Gasteiger partial charge < -0.3 is 4.90 Å². The van der Waals surface area contributed by atoms with Crippen LogP contribution in [0.3, 0.4) is 0 Å². The van der Waals surface area contributed by atoms with E-state index in [0.717, 1.165) is 32.1 Å². The number of nitrogens with zero attached hydrogens (tertiary/aromatic N) is 1. The van der Waals surface area contributed by atoms with Crippen LogP contribution < -0.4 is 5.32 Å². The maximum atomic E-state index is 5.55. The van der Waals surface area contributed by atoms with Crippen LogP contribution in [-0.4, -0.2) is 30.5 Å². The van der Waals surface area contributed by atoms with Crippen molar-refractivity contribution < 1.29 is 0 Å². The minimum Gasteiger partial charge on any atom is -0.365 e. The molecule has 0 bridgehead atoms. The summed E-state index contributed by atoms with van der Waals surface area (Å²) in [7, 11) is 0. The Labute approximate surface area is 66.8 Å². The number of hydrogen-bond acceptors (Lipinski definition) is 2. The molecule has 1 rings (SSSR count). The van der Waals surface area contributed by atoms with Gasteiger partial charge in [-0.15, -0.1) is 11.6 Å². The van der Waals surface area contributed by atoms with E-state index >= 15 is 0 Å². The van der Waals surface area contributed by atoms with Crippen molar-refractivity contribution in [1.29, 1.82) is 0 Å². The molecule has 1 N–H and O–H groups in total. The molecule has 10 heavy (non-hydrogen) atoms. The fourth-order valence-corrected chi connectivity index (χ4v) is 1.08. The van der Waals surface area contributed by atoms with Gasteiger partial charge in [-0.05, 0) is 12.6 Å². The lowest BCUT2D eigenvalue weighted by Gasteiger charge is -2.23. The fraction of sp³-hybridized carbons (Fsp3) is 0.714. The summed E-state index contributed by atoms with van der Waals surface area (Å²) in [6, 6.07) is 0. The molecular weight excluding hydrogens is 148 g/mol. The van der Waals surface area contributed by atoms with Crippen LogP contribution in [-0.2, 0) is 0 Å². The summed E-state index contributed by atoms with van der Waals surface area (Å²) in [5.41, 5.74) is 0. The maximum absolute atomic E-state index is 5.55. The molecule has 2 nitrogen and oxygen atoms in total. The van der Waals surface area contributed by atoms with Crippen LogP contribution in [0.15, 0.2) is 12.3 Å². The van der Waals surface area contributed by atoms with E-state index in [1.54, 1.807) is 0 Å². The molecule has 0 radical (unpaired) electrons. The highest BCUT2D eigenvalue weighted by molar-refractivity contribution is 6.17. The van der Waals surface area contributed by atoms with Crippen LogP contribution in [0, 0.1) is 0 Å². The highest BCUT2D eigenvalue weighted by Gasteiger charge is 1.99. The third-order valence-corrected chi connectivity index (χ3v) is 1.74. The van der Waals surface area contributed by atoms with Crippen LogP contribution in [0.2, 0.25) is 0 Å². The first kappa shape index (κ1) is 7.89. The van der Waals surface area contributed by atoms with Gasteiger partial charge in [0.25, 0.3) is 0 Å². The predicted octanol–water partition coefficient (Wildman–Crippen LogP) is 0.992. The Morgan fingerprint density at radius 2 is 2.50 bits per heavy atom. The first-order chi connectivity index (χ1) is 4.93. The molecule has 0 amide bonds. The Bertz CT molecular complexity index is 114. The van der Waals surface area contributed by atoms with Gasteiger partial charge in [0.2, 0.25) is 0 Å². The highest BCUT2D eigenvalue weighted by atomic mass is 35.5. The van der Waals surface area contributed by atoms with E-state index in [9.17, 15) is 0 Å². The second-order valence-electron chi connectivity index (χ2n) is 2.35. The third kappa shape index (κ3) is 2.58. The molecule has 0 aromatic rings. The van der Waals surface area contributed by atoms with Crippen LogP contribution in [0.5, 0.6) is 0 Å². The number of hydrogen-bond donors (Lipinski definition) is 1. The summed E-state index contributed by atoms with van der Waals surface area (Å²) >= 11 is 5.55. The van der Waals surface area contributed by atoms with Crippen molar-refractivity contribution in [3.05, 3.63) is 12.3 Å². The van der Waals surface area contributed by atoms with Gasteiger partial charge in [-0.2, -0.15) is 0 Å². The van der Waals surface area contributed by atoms with Gasteiger partial charge in [-0.3, -0.25) is 5.32 Å². The quantitative estimate of drug-likeness (QED) is 0.620. The topological polar surface area (TPSA) is 15.3 Å². The van der Waals surface area contributed by atoms with Gasteiger partial charge in [0.15, 0.2) is 0 Å². The lowest BCUT2D eigenvalue weighted by atomic mass is 10.4. The van der Waals surface area contributed by atoms with Crippen molar-refractivity contribution in [2.45, 2.75) is 6.42 Å². The molecule has 0 aliphatic carbocycles. The molecule has 0 aromatic carbocycles. The van der Waals surface area contributed by atoms with E-state index in [1.165, 1.54) is 0 Å². The zero-order valence-corrected chi connectivity index (χ0v) is 6.77. The van der Waals surface area contributed by atoms with Crippen LogP contribution >= 0.6 is 11.6 Å². The summed E-state index contributed by atoms with van der Waals surface area (Å²) < 4.78 is 0. The van der Waals surface area contributed by atoms with Gasteiger partial charge in [-0.1, -0.05) is 6.08 Å². The van der Waals surface area contributed by atoms with Gasteiger partial charge in [0.05, 0.1) is 6.67 Å². The SMILES string of the molecule is ClCCCN1C=CCNC1. The minimum absolute atomic E-state index is 0.754. The maximum Gasteiger partial charge on any atom is 0.0678 e. The number of alkyl halides is 1. The second kappa shape index (κ2) is 4.58. The van der Waals surface area contributed by atoms with E-state index in [1.807, 2.05) is 0 Å². The molecule has 0 aromatic heterocycles. The Hall–Kier alpha value is -0.210. The lowest BCUT2D eigenvalue weighted by molar-refractivity contribution is 0.336. The van der Waals surface area contributed by atoms with E-state index in [-0.39, 0.29) is 0 Å². The number of rotatable bonds is 3. The predicted molar refractivity (Wildman–Crippen MR) is 44.1 cm³/mol. The molecule has 1 aliphatic heterocycles. The zero-order valence-electron chi connectivity index (χ0n) is 6.02. The standard InChI is InChI=1S/C7H13ClN2/c8-3-1-5-10-6-2-4-9-7-10/h2,6,9H,1,3-5,7H2. The van der Waals surface area contributed by atoms with Crippen molar-refractivity contribution in [3.63, 3.8) is 0 Å². The first-order valence-electron chi connectivity index (χ1n) is 3.61. The van der Waals surface area contributed by atoms with Crippen LogP contribution in [0.1, 0.15) is 6.42 Å². The van der Waals surface area contributed by atoms with E-state index in [4.69, 9.17) is 11.6 Å². The molecule has 0 saturated heterocycles. The molecule has 3 heteroatoms. The van der Waals surface area contributed by atoms with Crippen molar-refractivity contribution >= 4 is 11.6 Å². The molecule has 0 atom stereocenters. The van der Waals surface area contributed by atoms with Gasteiger partial charge in [0, 0.05) is 19.0 Å². The zero-order chi connectivity index (χ0) is 7.23. The molecule has 58 valence electrons. The van der Waals surface area contributed by atoms with Gasteiger partial charge in [0.1, 0.15) is 0 Å². The van der Waals surface area contributed by atoms with E-state index in [0.29, 0.717) is 0 Å². The number of nitrogens with one attached hydrogen (secondary N) is 1. The molecule has 0 spiro atoms. The van der Waals surface area contributed by atoms with Crippen LogP contribution in [0.4, 0.5) is 0 Å². The Morgan fingerprint density at radius 1 is 1.60 bits per heavy atom. The van der Waals surface area contributed by atoms with Crippen molar-refractivity contribution in [3.8, 4) is 0 Å². The molecular formula is C7H13ClN2. The van der Waals surface area contributed by atoms with E-state index < -0.39 is 0 Å². The number of halogens is 1. The summed E-state index contributed by atoms with van der Waals surface area (Å²) in [5.74, 6) is 0.754. The second-order valence-corrected chi connectivity index (χ2v) is 2.73. The highest BCUT2D eigenvalue weighted by Crippen LogP contribution is 1.95. The fourth-order valence-electron chi connectivity index (χ4n) is 0.962. The van der Waals surface area contributed by atoms with Gasteiger partial charge >= 0.3 is 0 Å². The molecule has 1 aliphatic rings. The van der Waals surface area contributed by atoms with Gasteiger partial charge in [-0.25, -0.2) is 0 Å². The van der Waals surface area contributed by atoms with Crippen molar-refractivity contribution in [2.24, 2.45) is 0 Å². The Morgan fingerprint density at radius 3 is 3.10 bits per heavy atom. The molecule has 0 fully saturated rings. The lowest BCUT2D eigenvalue weighted by Crippen LogP contribution is -2.34. The monoisotopic (exact) mass is 160 g/mol. The summed E-state index contributed by atoms with van der Waals surface area (Å²) in [6.07, 6.45) is 5.31. The Balaban J connectivity index is 2.13. The van der Waals surface area contributed by atoms with Crippen LogP contribution in [0.25, 0.3) is 0 Å². The average Bonchev–Trinajstić information content (AvgIpc) is 2.03. The average molecular weight is 161 g/mol. The Kier molecular flexibility index (Phi) is 3.62. The third-order valence-electron chi connectivity index (χ3n) is 1.47. The molecule has 0 saturated carbocycles. The first-order valence-corrected chi connectivity index (χ1v) is 4.14. The normalized spacial score (nSPS) is 17.9. The smallest absolute Gasteiger partial charge is 0.0678 e.